The fraction of sp³-hybridized carbons (Fsp3) is 0.167. The summed E-state index contributed by atoms with van der Waals surface area (Å²) in [5.74, 6) is 0.967. The Morgan fingerprint density at radius 3 is 2.60 bits per heavy atom. The van der Waals surface area contributed by atoms with E-state index in [4.69, 9.17) is 9.15 Å². The van der Waals surface area contributed by atoms with Crippen LogP contribution in [0.15, 0.2) is 59.2 Å². The quantitative estimate of drug-likeness (QED) is 0.679. The van der Waals surface area contributed by atoms with Crippen molar-refractivity contribution < 1.29 is 22.7 Å². The van der Waals surface area contributed by atoms with Gasteiger partial charge in [-0.1, -0.05) is 30.3 Å². The summed E-state index contributed by atoms with van der Waals surface area (Å²) in [6, 6.07) is 14.0. The van der Waals surface area contributed by atoms with Crippen molar-refractivity contribution in [2.75, 3.05) is 12.4 Å². The molecule has 1 aromatic heterocycles. The van der Waals surface area contributed by atoms with E-state index in [1.54, 1.807) is 19.2 Å². The molecule has 5 nitrogen and oxygen atoms in total. The number of alkyl halides is 2. The predicted octanol–water partition coefficient (Wildman–Crippen LogP) is 4.56. The maximum Gasteiger partial charge on any atom is 0.387 e. The second-order valence-corrected chi connectivity index (χ2v) is 5.10. The molecule has 0 aliphatic carbocycles. The highest BCUT2D eigenvalue weighted by molar-refractivity contribution is 5.61. The lowest BCUT2D eigenvalue weighted by molar-refractivity contribution is -0.0515. The number of rotatable bonds is 7. The number of hydrogen-bond donors (Lipinski definition) is 1. The minimum atomic E-state index is -2.97. The highest BCUT2D eigenvalue weighted by Gasteiger charge is 2.15. The van der Waals surface area contributed by atoms with Crippen LogP contribution < -0.4 is 14.8 Å². The lowest BCUT2D eigenvalue weighted by Gasteiger charge is -2.13. The smallest absolute Gasteiger partial charge is 0.387 e. The highest BCUT2D eigenvalue weighted by atomic mass is 19.3. The second kappa shape index (κ2) is 7.65. The first-order chi connectivity index (χ1) is 12.2. The molecule has 0 radical (unpaired) electrons. The van der Waals surface area contributed by atoms with E-state index < -0.39 is 6.61 Å². The summed E-state index contributed by atoms with van der Waals surface area (Å²) in [6.45, 7) is -2.73. The maximum atomic E-state index is 12.7. The molecule has 1 N–H and O–H groups in total. The van der Waals surface area contributed by atoms with E-state index in [2.05, 4.69) is 15.0 Å². The van der Waals surface area contributed by atoms with Gasteiger partial charge in [-0.15, -0.1) is 0 Å². The zero-order valence-corrected chi connectivity index (χ0v) is 13.4. The monoisotopic (exact) mass is 346 g/mol. The number of nitrogens with one attached hydrogen (secondary N) is 1. The summed E-state index contributed by atoms with van der Waals surface area (Å²) in [4.78, 5) is 4.18. The summed E-state index contributed by atoms with van der Waals surface area (Å²) in [6.07, 6.45) is 1.43. The molecule has 2 aromatic carbocycles. The Bertz CT molecular complexity index is 822. The van der Waals surface area contributed by atoms with E-state index >= 15 is 0 Å². The van der Waals surface area contributed by atoms with E-state index in [0.29, 0.717) is 11.4 Å². The third-order valence-electron chi connectivity index (χ3n) is 3.40. The van der Waals surface area contributed by atoms with Gasteiger partial charge >= 0.3 is 6.61 Å². The standard InChI is InChI=1S/C18H16F2N2O3/c1-21-16-11-24-17(22-16)13-7-8-14(15(9-13)25-18(19)20)23-10-12-5-3-2-4-6-12/h2-9,11,18,21H,10H2,1H3. The summed E-state index contributed by atoms with van der Waals surface area (Å²) in [7, 11) is 1.70. The zero-order valence-electron chi connectivity index (χ0n) is 13.4. The molecule has 0 amide bonds. The molecule has 0 atom stereocenters. The van der Waals surface area contributed by atoms with Gasteiger partial charge in [0, 0.05) is 12.6 Å². The van der Waals surface area contributed by atoms with Gasteiger partial charge in [-0.25, -0.2) is 0 Å². The van der Waals surface area contributed by atoms with Crippen molar-refractivity contribution in [1.29, 1.82) is 0 Å². The second-order valence-electron chi connectivity index (χ2n) is 5.10. The number of benzene rings is 2. The van der Waals surface area contributed by atoms with E-state index in [1.807, 2.05) is 30.3 Å². The summed E-state index contributed by atoms with van der Waals surface area (Å²) < 4.78 is 41.0. The SMILES string of the molecule is CNc1coc(-c2ccc(OCc3ccccc3)c(OC(F)F)c2)n1. The van der Waals surface area contributed by atoms with Gasteiger partial charge in [0.2, 0.25) is 5.89 Å². The maximum absolute atomic E-state index is 12.7. The topological polar surface area (TPSA) is 56.5 Å². The largest absolute Gasteiger partial charge is 0.485 e. The van der Waals surface area contributed by atoms with Crippen LogP contribution in [0.1, 0.15) is 5.56 Å². The molecule has 0 saturated heterocycles. The highest BCUT2D eigenvalue weighted by Crippen LogP contribution is 2.34. The number of anilines is 1. The number of oxazole rings is 1. The fourth-order valence-corrected chi connectivity index (χ4v) is 2.20. The third kappa shape index (κ3) is 4.26. The van der Waals surface area contributed by atoms with Gasteiger partial charge in [0.25, 0.3) is 0 Å². The average Bonchev–Trinajstić information content (AvgIpc) is 3.10. The normalized spacial score (nSPS) is 10.7. The molecule has 3 aromatic rings. The number of halogens is 2. The fourth-order valence-electron chi connectivity index (χ4n) is 2.20. The van der Waals surface area contributed by atoms with Crippen LogP contribution in [-0.4, -0.2) is 18.6 Å². The molecule has 3 rings (SSSR count). The Hall–Kier alpha value is -3.09. The molecule has 0 bridgehead atoms. The first-order valence-electron chi connectivity index (χ1n) is 7.55. The van der Waals surface area contributed by atoms with Crippen molar-refractivity contribution in [3.05, 3.63) is 60.4 Å². The van der Waals surface area contributed by atoms with Gasteiger partial charge in [-0.3, -0.25) is 0 Å². The molecule has 0 saturated carbocycles. The zero-order chi connectivity index (χ0) is 17.6. The first-order valence-corrected chi connectivity index (χ1v) is 7.55. The number of nitrogens with zero attached hydrogens (tertiary/aromatic N) is 1. The van der Waals surface area contributed by atoms with Gasteiger partial charge in [0.15, 0.2) is 17.3 Å². The Balaban J connectivity index is 1.84. The van der Waals surface area contributed by atoms with E-state index in [9.17, 15) is 8.78 Å². The number of ether oxygens (including phenoxy) is 2. The molecule has 1 heterocycles. The Kier molecular flexibility index (Phi) is 5.13. The van der Waals surface area contributed by atoms with Crippen LogP contribution in [0.25, 0.3) is 11.5 Å². The van der Waals surface area contributed by atoms with Crippen LogP contribution in [0.2, 0.25) is 0 Å². The predicted molar refractivity (Wildman–Crippen MR) is 88.9 cm³/mol. The minimum Gasteiger partial charge on any atom is -0.485 e. The Labute approximate surface area is 143 Å². The molecule has 0 fully saturated rings. The van der Waals surface area contributed by atoms with Crippen LogP contribution >= 0.6 is 0 Å². The van der Waals surface area contributed by atoms with Crippen LogP contribution in [0.5, 0.6) is 11.5 Å². The lowest BCUT2D eigenvalue weighted by Crippen LogP contribution is -2.05. The van der Waals surface area contributed by atoms with Crippen LogP contribution in [0.4, 0.5) is 14.6 Å². The molecule has 7 heteroatoms. The average molecular weight is 346 g/mol. The Morgan fingerprint density at radius 1 is 1.12 bits per heavy atom. The van der Waals surface area contributed by atoms with Gasteiger partial charge in [-0.05, 0) is 23.8 Å². The van der Waals surface area contributed by atoms with Crippen molar-refractivity contribution in [2.45, 2.75) is 13.2 Å². The molecular weight excluding hydrogens is 330 g/mol. The van der Waals surface area contributed by atoms with E-state index in [0.717, 1.165) is 5.56 Å². The van der Waals surface area contributed by atoms with Crippen LogP contribution in [0, 0.1) is 0 Å². The van der Waals surface area contributed by atoms with Crippen molar-refractivity contribution in [3.8, 4) is 23.0 Å². The van der Waals surface area contributed by atoms with Crippen LogP contribution in [0.3, 0.4) is 0 Å². The molecule has 0 spiro atoms. The molecule has 0 unspecified atom stereocenters. The van der Waals surface area contributed by atoms with Gasteiger partial charge in [-0.2, -0.15) is 13.8 Å². The summed E-state index contributed by atoms with van der Waals surface area (Å²) >= 11 is 0. The summed E-state index contributed by atoms with van der Waals surface area (Å²) in [5.41, 5.74) is 1.42. The van der Waals surface area contributed by atoms with Crippen molar-refractivity contribution in [3.63, 3.8) is 0 Å². The van der Waals surface area contributed by atoms with Gasteiger partial charge in [0.1, 0.15) is 12.9 Å². The Morgan fingerprint density at radius 2 is 1.92 bits per heavy atom. The van der Waals surface area contributed by atoms with Crippen molar-refractivity contribution in [1.82, 2.24) is 4.98 Å². The first kappa shape index (κ1) is 16.8. The third-order valence-corrected chi connectivity index (χ3v) is 3.40. The van der Waals surface area contributed by atoms with Crippen LogP contribution in [-0.2, 0) is 6.61 Å². The van der Waals surface area contributed by atoms with Gasteiger partial charge in [0.05, 0.1) is 0 Å². The van der Waals surface area contributed by atoms with E-state index in [1.165, 1.54) is 12.3 Å². The van der Waals surface area contributed by atoms with Crippen molar-refractivity contribution in [2.24, 2.45) is 0 Å². The molecule has 130 valence electrons. The molecular formula is C18H16F2N2O3. The van der Waals surface area contributed by atoms with Gasteiger partial charge < -0.3 is 19.2 Å². The lowest BCUT2D eigenvalue weighted by atomic mass is 10.2. The molecule has 0 aliphatic rings. The molecule has 25 heavy (non-hydrogen) atoms. The van der Waals surface area contributed by atoms with Crippen molar-refractivity contribution >= 4 is 5.82 Å². The number of aromatic nitrogens is 1. The van der Waals surface area contributed by atoms with E-state index in [-0.39, 0.29) is 24.0 Å². The summed E-state index contributed by atoms with van der Waals surface area (Å²) in [5, 5.41) is 2.83. The minimum absolute atomic E-state index is 0.0763. The number of hydrogen-bond acceptors (Lipinski definition) is 5. The molecule has 0 aliphatic heterocycles.